The summed E-state index contributed by atoms with van der Waals surface area (Å²) in [7, 11) is -1.11. The van der Waals surface area contributed by atoms with Gasteiger partial charge in [-0.05, 0) is 56.2 Å². The van der Waals surface area contributed by atoms with Crippen LogP contribution in [0.3, 0.4) is 0 Å². The first kappa shape index (κ1) is 20.6. The second-order valence-corrected chi connectivity index (χ2v) is 9.45. The van der Waals surface area contributed by atoms with Crippen LogP contribution in [0.5, 0.6) is 0 Å². The minimum atomic E-state index is -3.27. The smallest absolute Gasteiger partial charge is 0.229 e. The van der Waals surface area contributed by atoms with E-state index in [9.17, 15) is 13.7 Å². The minimum absolute atomic E-state index is 0.0839. The average Bonchev–Trinajstić information content (AvgIpc) is 2.85. The molecule has 0 aromatic heterocycles. The molecule has 0 amide bonds. The van der Waals surface area contributed by atoms with Crippen molar-refractivity contribution in [3.63, 3.8) is 0 Å². The summed E-state index contributed by atoms with van der Waals surface area (Å²) in [5.41, 5.74) is 3.44. The highest BCUT2D eigenvalue weighted by Crippen LogP contribution is 2.29. The maximum Gasteiger partial charge on any atom is 0.229 e. The third-order valence-corrected chi connectivity index (χ3v) is 5.87. The molecule has 1 aromatic carbocycles. The molecule has 150 valence electrons. The van der Waals surface area contributed by atoms with Gasteiger partial charge in [-0.3, -0.25) is 9.62 Å². The molecule has 1 N–H and O–H groups in total. The predicted octanol–water partition coefficient (Wildman–Crippen LogP) is 2.17. The number of likely N-dealkylation sites (N-methyl/N-ethyl adjacent to an activating group) is 1. The highest BCUT2D eigenvalue weighted by atomic mass is 32.2. The number of nitriles is 1. The summed E-state index contributed by atoms with van der Waals surface area (Å²) in [6.45, 7) is 5.21. The lowest BCUT2D eigenvalue weighted by atomic mass is 9.88. The van der Waals surface area contributed by atoms with E-state index in [0.717, 1.165) is 44.5 Å². The molecule has 0 spiro atoms. The summed E-state index contributed by atoms with van der Waals surface area (Å²) in [6, 6.07) is 8.52. The Balaban J connectivity index is 1.69. The molecule has 1 saturated heterocycles. The SMILES string of the molecule is CN1CCCN(Cc2ccc(C3C=CC(NS(C)(=O)=O)=CC3)c(C#N)c2)CC1. The van der Waals surface area contributed by atoms with E-state index < -0.39 is 10.0 Å². The van der Waals surface area contributed by atoms with Gasteiger partial charge in [0.1, 0.15) is 0 Å². The molecular weight excluding hydrogens is 372 g/mol. The van der Waals surface area contributed by atoms with E-state index in [1.807, 2.05) is 18.2 Å². The summed E-state index contributed by atoms with van der Waals surface area (Å²) >= 11 is 0. The Kier molecular flexibility index (Phi) is 6.55. The quantitative estimate of drug-likeness (QED) is 0.820. The summed E-state index contributed by atoms with van der Waals surface area (Å²) in [5.74, 6) is 0.0839. The first-order chi connectivity index (χ1) is 13.3. The number of rotatable bonds is 5. The first-order valence-corrected chi connectivity index (χ1v) is 11.5. The van der Waals surface area contributed by atoms with Gasteiger partial charge in [0.15, 0.2) is 0 Å². The van der Waals surface area contributed by atoms with E-state index in [-0.39, 0.29) is 5.92 Å². The molecule has 6 nitrogen and oxygen atoms in total. The van der Waals surface area contributed by atoms with Crippen molar-refractivity contribution in [2.75, 3.05) is 39.5 Å². The van der Waals surface area contributed by atoms with Crippen LogP contribution in [0.15, 0.2) is 42.1 Å². The molecule has 0 bridgehead atoms. The van der Waals surface area contributed by atoms with Crippen LogP contribution in [-0.2, 0) is 16.6 Å². The molecule has 0 saturated carbocycles. The molecule has 1 atom stereocenters. The van der Waals surface area contributed by atoms with Crippen LogP contribution < -0.4 is 4.72 Å². The number of sulfonamides is 1. The minimum Gasteiger partial charge on any atom is -0.305 e. The topological polar surface area (TPSA) is 76.4 Å². The Hall–Kier alpha value is -2.14. The van der Waals surface area contributed by atoms with Crippen molar-refractivity contribution in [3.05, 3.63) is 58.8 Å². The maximum atomic E-state index is 11.4. The first-order valence-electron chi connectivity index (χ1n) is 9.64. The van der Waals surface area contributed by atoms with Crippen molar-refractivity contribution < 1.29 is 8.42 Å². The van der Waals surface area contributed by atoms with Crippen LogP contribution in [-0.4, -0.2) is 57.7 Å². The third kappa shape index (κ3) is 5.68. The molecule has 3 rings (SSSR count). The fourth-order valence-electron chi connectivity index (χ4n) is 3.78. The highest BCUT2D eigenvalue weighted by Gasteiger charge is 2.18. The van der Waals surface area contributed by atoms with Crippen molar-refractivity contribution >= 4 is 10.0 Å². The maximum absolute atomic E-state index is 11.4. The third-order valence-electron chi connectivity index (χ3n) is 5.26. The number of benzene rings is 1. The number of nitrogens with one attached hydrogen (secondary N) is 1. The lowest BCUT2D eigenvalue weighted by Crippen LogP contribution is -2.28. The molecule has 1 aliphatic carbocycles. The van der Waals surface area contributed by atoms with Gasteiger partial charge in [-0.25, -0.2) is 8.42 Å². The van der Waals surface area contributed by atoms with Crippen molar-refractivity contribution in [3.8, 4) is 6.07 Å². The van der Waals surface area contributed by atoms with Crippen LogP contribution in [0.2, 0.25) is 0 Å². The molecule has 1 fully saturated rings. The molecule has 7 heteroatoms. The molecule has 1 aromatic rings. The van der Waals surface area contributed by atoms with Gasteiger partial charge in [-0.2, -0.15) is 5.26 Å². The summed E-state index contributed by atoms with van der Waals surface area (Å²) < 4.78 is 25.2. The number of nitrogens with zero attached hydrogens (tertiary/aromatic N) is 3. The fourth-order valence-corrected chi connectivity index (χ4v) is 4.36. The zero-order valence-electron chi connectivity index (χ0n) is 16.6. The Morgan fingerprint density at radius 2 is 2.07 bits per heavy atom. The molecule has 2 aliphatic rings. The zero-order chi connectivity index (χ0) is 20.1. The highest BCUT2D eigenvalue weighted by molar-refractivity contribution is 7.88. The van der Waals surface area contributed by atoms with Crippen LogP contribution in [0.4, 0.5) is 0 Å². The normalized spacial score (nSPS) is 21.6. The second kappa shape index (κ2) is 8.91. The molecule has 1 aliphatic heterocycles. The van der Waals surface area contributed by atoms with Gasteiger partial charge in [0.05, 0.1) is 17.9 Å². The van der Waals surface area contributed by atoms with Gasteiger partial charge in [0.25, 0.3) is 0 Å². The average molecular weight is 401 g/mol. The Bertz CT molecular complexity index is 915. The van der Waals surface area contributed by atoms with Gasteiger partial charge >= 0.3 is 0 Å². The van der Waals surface area contributed by atoms with Gasteiger partial charge in [0, 0.05) is 31.2 Å². The van der Waals surface area contributed by atoms with E-state index >= 15 is 0 Å². The van der Waals surface area contributed by atoms with Crippen LogP contribution in [0.1, 0.15) is 35.4 Å². The number of hydrogen-bond acceptors (Lipinski definition) is 5. The van der Waals surface area contributed by atoms with E-state index in [2.05, 4.69) is 39.8 Å². The van der Waals surface area contributed by atoms with E-state index in [1.165, 1.54) is 12.0 Å². The van der Waals surface area contributed by atoms with E-state index in [0.29, 0.717) is 17.7 Å². The molecule has 1 heterocycles. The van der Waals surface area contributed by atoms with Crippen LogP contribution in [0, 0.1) is 11.3 Å². The van der Waals surface area contributed by atoms with Crippen molar-refractivity contribution in [1.29, 1.82) is 5.26 Å². The lowest BCUT2D eigenvalue weighted by Gasteiger charge is -2.22. The molecule has 28 heavy (non-hydrogen) atoms. The summed E-state index contributed by atoms with van der Waals surface area (Å²) in [5, 5.41) is 9.66. The largest absolute Gasteiger partial charge is 0.305 e. The Morgan fingerprint density at radius 1 is 1.25 bits per heavy atom. The number of hydrogen-bond donors (Lipinski definition) is 1. The van der Waals surface area contributed by atoms with Crippen molar-refractivity contribution in [1.82, 2.24) is 14.5 Å². The molecule has 0 radical (unpaired) electrons. The standard InChI is InChI=1S/C21H28N4O2S/c1-24-10-3-11-25(13-12-24)16-17-4-9-21(19(14-17)15-22)18-5-7-20(8-6-18)23-28(2,26)27/h4-5,7-9,14,18,23H,3,6,10-13,16H2,1-2H3. The van der Waals surface area contributed by atoms with Crippen molar-refractivity contribution in [2.24, 2.45) is 0 Å². The number of allylic oxidation sites excluding steroid dienone is 3. The Labute approximate surface area is 168 Å². The summed E-state index contributed by atoms with van der Waals surface area (Å²) in [4.78, 5) is 4.81. The molecular formula is C21H28N4O2S. The van der Waals surface area contributed by atoms with E-state index in [1.54, 1.807) is 6.08 Å². The second-order valence-electron chi connectivity index (χ2n) is 7.70. The Morgan fingerprint density at radius 3 is 2.75 bits per heavy atom. The van der Waals surface area contributed by atoms with Gasteiger partial charge < -0.3 is 4.90 Å². The van der Waals surface area contributed by atoms with Gasteiger partial charge in [-0.15, -0.1) is 0 Å². The predicted molar refractivity (Wildman–Crippen MR) is 111 cm³/mol. The van der Waals surface area contributed by atoms with E-state index in [4.69, 9.17) is 0 Å². The van der Waals surface area contributed by atoms with Crippen molar-refractivity contribution in [2.45, 2.75) is 25.3 Å². The van der Waals surface area contributed by atoms with Crippen LogP contribution in [0.25, 0.3) is 0 Å². The molecule has 1 unspecified atom stereocenters. The van der Waals surface area contributed by atoms with Gasteiger partial charge in [0.2, 0.25) is 10.0 Å². The van der Waals surface area contributed by atoms with Crippen LogP contribution >= 0.6 is 0 Å². The zero-order valence-corrected chi connectivity index (χ0v) is 17.4. The lowest BCUT2D eigenvalue weighted by molar-refractivity contribution is 0.269. The van der Waals surface area contributed by atoms with Gasteiger partial charge in [-0.1, -0.05) is 24.3 Å². The fraction of sp³-hybridized carbons (Fsp3) is 0.476. The monoisotopic (exact) mass is 400 g/mol. The summed E-state index contributed by atoms with van der Waals surface area (Å²) in [6.07, 6.45) is 8.59.